The molecule has 1 aromatic carbocycles. The smallest absolute Gasteiger partial charge is 0.160 e. The molecule has 106 valence electrons. The standard InChI is InChI=1S/C16H16N4S/c1-2-6-14-12(5-1)13(11-21-14)17-9-8-16-19-18-15-7-3-4-10-20(15)16/h1-7,10,13,17H,8-9,11H2. The zero-order valence-electron chi connectivity index (χ0n) is 11.6. The van der Waals surface area contributed by atoms with Gasteiger partial charge in [-0.25, -0.2) is 0 Å². The molecule has 3 aromatic rings. The van der Waals surface area contributed by atoms with E-state index in [9.17, 15) is 0 Å². The SMILES string of the molecule is c1ccc2c(c1)SCC2NCCc1nnc2ccccn12. The van der Waals surface area contributed by atoms with Crippen LogP contribution in [-0.2, 0) is 6.42 Å². The second kappa shape index (κ2) is 5.50. The van der Waals surface area contributed by atoms with Gasteiger partial charge in [0.1, 0.15) is 5.82 Å². The number of thioether (sulfide) groups is 1. The summed E-state index contributed by atoms with van der Waals surface area (Å²) in [6, 6.07) is 15.1. The number of hydrogen-bond donors (Lipinski definition) is 1. The van der Waals surface area contributed by atoms with Gasteiger partial charge in [0.15, 0.2) is 5.65 Å². The van der Waals surface area contributed by atoms with E-state index in [1.54, 1.807) is 0 Å². The molecule has 0 saturated heterocycles. The highest BCUT2D eigenvalue weighted by atomic mass is 32.2. The number of benzene rings is 1. The highest BCUT2D eigenvalue weighted by Crippen LogP contribution is 2.37. The molecule has 4 rings (SSSR count). The van der Waals surface area contributed by atoms with E-state index in [0.717, 1.165) is 30.2 Å². The molecule has 1 aliphatic heterocycles. The van der Waals surface area contributed by atoms with Crippen LogP contribution in [0.3, 0.4) is 0 Å². The van der Waals surface area contributed by atoms with Gasteiger partial charge < -0.3 is 5.32 Å². The van der Waals surface area contributed by atoms with Gasteiger partial charge in [-0.1, -0.05) is 24.3 Å². The maximum Gasteiger partial charge on any atom is 0.160 e. The molecule has 3 heterocycles. The largest absolute Gasteiger partial charge is 0.309 e. The Morgan fingerprint density at radius 2 is 2.05 bits per heavy atom. The molecule has 0 amide bonds. The Morgan fingerprint density at radius 3 is 3.05 bits per heavy atom. The zero-order valence-corrected chi connectivity index (χ0v) is 12.4. The lowest BCUT2D eigenvalue weighted by Gasteiger charge is -2.12. The number of hydrogen-bond acceptors (Lipinski definition) is 4. The number of nitrogens with one attached hydrogen (secondary N) is 1. The molecule has 0 spiro atoms. The minimum atomic E-state index is 0.449. The molecule has 0 radical (unpaired) electrons. The van der Waals surface area contributed by atoms with E-state index < -0.39 is 0 Å². The van der Waals surface area contributed by atoms with Gasteiger partial charge in [-0.05, 0) is 23.8 Å². The van der Waals surface area contributed by atoms with Crippen LogP contribution in [0.2, 0.25) is 0 Å². The van der Waals surface area contributed by atoms with Crippen molar-refractivity contribution in [2.75, 3.05) is 12.3 Å². The highest BCUT2D eigenvalue weighted by Gasteiger charge is 2.21. The van der Waals surface area contributed by atoms with Crippen LogP contribution in [0.1, 0.15) is 17.4 Å². The van der Waals surface area contributed by atoms with Crippen LogP contribution in [-0.4, -0.2) is 26.9 Å². The van der Waals surface area contributed by atoms with Crippen molar-refractivity contribution < 1.29 is 0 Å². The predicted octanol–water partition coefficient (Wildman–Crippen LogP) is 2.71. The van der Waals surface area contributed by atoms with Crippen LogP contribution in [0.5, 0.6) is 0 Å². The van der Waals surface area contributed by atoms with Gasteiger partial charge in [-0.2, -0.15) is 0 Å². The van der Waals surface area contributed by atoms with Gasteiger partial charge in [0, 0.05) is 35.9 Å². The molecule has 0 saturated carbocycles. The normalized spacial score (nSPS) is 17.2. The van der Waals surface area contributed by atoms with Crippen LogP contribution in [0.15, 0.2) is 53.6 Å². The molecular weight excluding hydrogens is 280 g/mol. The Morgan fingerprint density at radius 1 is 1.14 bits per heavy atom. The van der Waals surface area contributed by atoms with Crippen molar-refractivity contribution in [2.24, 2.45) is 0 Å². The van der Waals surface area contributed by atoms with Crippen molar-refractivity contribution in [3.05, 3.63) is 60.0 Å². The van der Waals surface area contributed by atoms with Gasteiger partial charge in [-0.15, -0.1) is 22.0 Å². The maximum atomic E-state index is 4.27. The number of fused-ring (bicyclic) bond motifs is 2. The molecule has 21 heavy (non-hydrogen) atoms. The first-order chi connectivity index (χ1) is 10.4. The van der Waals surface area contributed by atoms with Gasteiger partial charge in [0.25, 0.3) is 0 Å². The van der Waals surface area contributed by atoms with E-state index in [0.29, 0.717) is 6.04 Å². The van der Waals surface area contributed by atoms with E-state index >= 15 is 0 Å². The summed E-state index contributed by atoms with van der Waals surface area (Å²) in [6.45, 7) is 0.912. The molecular formula is C16H16N4S. The fraction of sp³-hybridized carbons (Fsp3) is 0.250. The first-order valence-corrected chi connectivity index (χ1v) is 8.14. The van der Waals surface area contributed by atoms with Crippen LogP contribution < -0.4 is 5.32 Å². The summed E-state index contributed by atoms with van der Waals surface area (Å²) in [7, 11) is 0. The Bertz CT molecular complexity index is 768. The Balaban J connectivity index is 1.42. The van der Waals surface area contributed by atoms with Crippen molar-refractivity contribution in [3.63, 3.8) is 0 Å². The van der Waals surface area contributed by atoms with Crippen LogP contribution >= 0.6 is 11.8 Å². The Kier molecular flexibility index (Phi) is 3.37. The minimum absolute atomic E-state index is 0.449. The topological polar surface area (TPSA) is 42.2 Å². The number of nitrogens with zero attached hydrogens (tertiary/aromatic N) is 3. The first-order valence-electron chi connectivity index (χ1n) is 7.15. The first kappa shape index (κ1) is 12.9. The number of pyridine rings is 1. The third kappa shape index (κ3) is 2.43. The third-order valence-electron chi connectivity index (χ3n) is 3.82. The van der Waals surface area contributed by atoms with E-state index in [1.165, 1.54) is 10.5 Å². The summed E-state index contributed by atoms with van der Waals surface area (Å²) in [5.41, 5.74) is 2.34. The molecule has 1 N–H and O–H groups in total. The van der Waals surface area contributed by atoms with Crippen molar-refractivity contribution >= 4 is 17.4 Å². The van der Waals surface area contributed by atoms with Gasteiger partial charge in [-0.3, -0.25) is 4.40 Å². The van der Waals surface area contributed by atoms with E-state index in [4.69, 9.17) is 0 Å². The summed E-state index contributed by atoms with van der Waals surface area (Å²) in [6.07, 6.45) is 2.90. The summed E-state index contributed by atoms with van der Waals surface area (Å²) in [4.78, 5) is 1.41. The fourth-order valence-corrected chi connectivity index (χ4v) is 3.95. The van der Waals surface area contributed by atoms with Crippen molar-refractivity contribution in [1.29, 1.82) is 0 Å². The highest BCUT2D eigenvalue weighted by molar-refractivity contribution is 7.99. The fourth-order valence-electron chi connectivity index (χ4n) is 2.75. The van der Waals surface area contributed by atoms with Crippen molar-refractivity contribution in [3.8, 4) is 0 Å². The molecule has 0 fully saturated rings. The summed E-state index contributed by atoms with van der Waals surface area (Å²) >= 11 is 1.93. The quantitative estimate of drug-likeness (QED) is 0.804. The molecule has 1 aliphatic rings. The van der Waals surface area contributed by atoms with E-state index in [2.05, 4.69) is 44.2 Å². The van der Waals surface area contributed by atoms with E-state index in [1.807, 2.05) is 36.2 Å². The summed E-state index contributed by atoms with van der Waals surface area (Å²) < 4.78 is 2.05. The predicted molar refractivity (Wildman–Crippen MR) is 84.6 cm³/mol. The Hall–Kier alpha value is -1.85. The lowest BCUT2D eigenvalue weighted by Crippen LogP contribution is -2.24. The van der Waals surface area contributed by atoms with Gasteiger partial charge in [0.05, 0.1) is 0 Å². The monoisotopic (exact) mass is 296 g/mol. The lowest BCUT2D eigenvalue weighted by atomic mass is 10.1. The van der Waals surface area contributed by atoms with E-state index in [-0.39, 0.29) is 0 Å². The van der Waals surface area contributed by atoms with Crippen LogP contribution in [0, 0.1) is 0 Å². The van der Waals surface area contributed by atoms with Crippen molar-refractivity contribution in [1.82, 2.24) is 19.9 Å². The molecule has 4 nitrogen and oxygen atoms in total. The molecule has 1 unspecified atom stereocenters. The average molecular weight is 296 g/mol. The van der Waals surface area contributed by atoms with Crippen molar-refractivity contribution in [2.45, 2.75) is 17.4 Å². The average Bonchev–Trinajstić information content (AvgIpc) is 3.13. The lowest BCUT2D eigenvalue weighted by molar-refractivity contribution is 0.577. The molecule has 0 aliphatic carbocycles. The van der Waals surface area contributed by atoms with Gasteiger partial charge in [0.2, 0.25) is 0 Å². The summed E-state index contributed by atoms with van der Waals surface area (Å²) in [5.74, 6) is 2.12. The Labute approximate surface area is 127 Å². The third-order valence-corrected chi connectivity index (χ3v) is 5.01. The van der Waals surface area contributed by atoms with Gasteiger partial charge >= 0.3 is 0 Å². The second-order valence-corrected chi connectivity index (χ2v) is 6.21. The second-order valence-electron chi connectivity index (χ2n) is 5.15. The molecule has 2 aromatic heterocycles. The molecule has 0 bridgehead atoms. The number of rotatable bonds is 4. The molecule has 5 heteroatoms. The summed E-state index contributed by atoms with van der Waals surface area (Å²) in [5, 5.41) is 12.1. The minimum Gasteiger partial charge on any atom is -0.309 e. The maximum absolute atomic E-state index is 4.27. The number of aromatic nitrogens is 3. The molecule has 1 atom stereocenters. The van der Waals surface area contributed by atoms with Crippen LogP contribution in [0.25, 0.3) is 5.65 Å². The zero-order chi connectivity index (χ0) is 14.1. The van der Waals surface area contributed by atoms with Crippen LogP contribution in [0.4, 0.5) is 0 Å².